The zero-order valence-electron chi connectivity index (χ0n) is 22.9. The van der Waals surface area contributed by atoms with Crippen LogP contribution < -0.4 is 15.1 Å². The number of halogens is 7. The molecule has 7 nitrogen and oxygen atoms in total. The normalized spacial score (nSPS) is 19.6. The monoisotopic (exact) mass is 741 g/mol. The molecule has 238 valence electrons. The smallest absolute Gasteiger partial charge is 0.325 e. The van der Waals surface area contributed by atoms with Crippen molar-refractivity contribution in [3.63, 3.8) is 0 Å². The number of rotatable bonds is 5. The summed E-state index contributed by atoms with van der Waals surface area (Å²) < 4.78 is 81.7. The summed E-state index contributed by atoms with van der Waals surface area (Å²) in [6, 6.07) is 14.6. The SMILES string of the molecule is O=C(Cn1c2c(sc1=O)[C@@H](c1ccc(Br)cc1)[C@@H]1C(=O)N(c3cccc(C(F)(F)F)c3)C(=O)[C@@H]1S2)Nc1cccc(C(F)(F)F)c1. The number of thiazole rings is 1. The molecule has 46 heavy (non-hydrogen) atoms. The molecule has 1 aromatic heterocycles. The van der Waals surface area contributed by atoms with Crippen LogP contribution in [-0.4, -0.2) is 27.5 Å². The molecule has 0 aliphatic carbocycles. The molecule has 2 aliphatic rings. The van der Waals surface area contributed by atoms with Gasteiger partial charge in [0.05, 0.1) is 27.8 Å². The molecule has 0 spiro atoms. The van der Waals surface area contributed by atoms with Crippen LogP contribution >= 0.6 is 39.0 Å². The second-order valence-electron chi connectivity index (χ2n) is 10.4. The average Bonchev–Trinajstić information content (AvgIpc) is 3.43. The molecule has 1 fully saturated rings. The third kappa shape index (κ3) is 5.88. The lowest BCUT2D eigenvalue weighted by atomic mass is 9.83. The standard InChI is InChI=1S/C30H18BrF6N3O4S2/c31-17-9-7-14(8-10-17)21-22-23(26(43)40(25(22)42)19-6-2-4-16(12-19)30(35,36)37)45-27-24(21)46-28(44)39(27)13-20(41)38-18-5-1-3-15(11-18)29(32,33)34/h1-12,21-23H,13H2,(H,38,41)/t21-,22-,23+/m0/s1. The number of benzene rings is 3. The van der Waals surface area contributed by atoms with Crippen molar-refractivity contribution < 1.29 is 40.7 Å². The molecule has 3 heterocycles. The zero-order valence-corrected chi connectivity index (χ0v) is 26.1. The van der Waals surface area contributed by atoms with E-state index in [-0.39, 0.29) is 16.4 Å². The van der Waals surface area contributed by atoms with E-state index in [1.165, 1.54) is 12.1 Å². The summed E-state index contributed by atoms with van der Waals surface area (Å²) in [7, 11) is 0. The topological polar surface area (TPSA) is 88.5 Å². The van der Waals surface area contributed by atoms with Crippen LogP contribution in [0.25, 0.3) is 0 Å². The predicted molar refractivity (Wildman–Crippen MR) is 162 cm³/mol. The Kier molecular flexibility index (Phi) is 8.17. The highest BCUT2D eigenvalue weighted by Gasteiger charge is 2.57. The number of hydrogen-bond acceptors (Lipinski definition) is 6. The number of carbonyl (C=O) groups excluding carboxylic acids is 3. The molecule has 3 amide bonds. The van der Waals surface area contributed by atoms with Crippen molar-refractivity contribution in [1.82, 2.24) is 4.57 Å². The maximum Gasteiger partial charge on any atom is 0.416 e. The first-order valence-electron chi connectivity index (χ1n) is 13.3. The molecule has 1 saturated heterocycles. The number of fused-ring (bicyclic) bond motifs is 2. The van der Waals surface area contributed by atoms with Gasteiger partial charge in [-0.15, -0.1) is 0 Å². The van der Waals surface area contributed by atoms with Crippen LogP contribution in [0, 0.1) is 5.92 Å². The fraction of sp³-hybridized carbons (Fsp3) is 0.200. The molecule has 4 aromatic rings. The third-order valence-electron chi connectivity index (χ3n) is 7.49. The summed E-state index contributed by atoms with van der Waals surface area (Å²) >= 11 is 4.94. The van der Waals surface area contributed by atoms with Gasteiger partial charge in [0.25, 0.3) is 0 Å². The van der Waals surface area contributed by atoms with Crippen LogP contribution in [0.4, 0.5) is 37.7 Å². The third-order valence-corrected chi connectivity index (χ3v) is 10.6. The average molecular weight is 743 g/mol. The van der Waals surface area contributed by atoms with Crippen molar-refractivity contribution in [2.45, 2.75) is 35.1 Å². The van der Waals surface area contributed by atoms with E-state index >= 15 is 0 Å². The number of hydrogen-bond donors (Lipinski definition) is 1. The Bertz CT molecular complexity index is 1940. The number of alkyl halides is 6. The van der Waals surface area contributed by atoms with Gasteiger partial charge in [-0.2, -0.15) is 26.3 Å². The molecule has 0 saturated carbocycles. The Morgan fingerprint density at radius 1 is 0.848 bits per heavy atom. The Labute approximate surface area is 272 Å². The van der Waals surface area contributed by atoms with Gasteiger partial charge >= 0.3 is 17.2 Å². The summed E-state index contributed by atoms with van der Waals surface area (Å²) in [5.41, 5.74) is -1.88. The quantitative estimate of drug-likeness (QED) is 0.174. The molecule has 1 N–H and O–H groups in total. The lowest BCUT2D eigenvalue weighted by Crippen LogP contribution is -2.33. The van der Waals surface area contributed by atoms with Gasteiger partial charge in [0.1, 0.15) is 11.8 Å². The van der Waals surface area contributed by atoms with E-state index in [1.807, 2.05) is 0 Å². The first kappa shape index (κ1) is 32.1. The van der Waals surface area contributed by atoms with Gasteiger partial charge in [-0.1, -0.05) is 63.3 Å². The van der Waals surface area contributed by atoms with E-state index in [4.69, 9.17) is 0 Å². The van der Waals surface area contributed by atoms with E-state index < -0.39 is 69.7 Å². The minimum Gasteiger partial charge on any atom is -0.325 e. The van der Waals surface area contributed by atoms with E-state index in [0.717, 1.165) is 69.0 Å². The van der Waals surface area contributed by atoms with Crippen molar-refractivity contribution in [1.29, 1.82) is 0 Å². The van der Waals surface area contributed by atoms with E-state index in [2.05, 4.69) is 21.2 Å². The number of imide groups is 1. The minimum absolute atomic E-state index is 0.147. The summed E-state index contributed by atoms with van der Waals surface area (Å²) in [5.74, 6) is -4.30. The molecule has 0 bridgehead atoms. The molecule has 16 heteroatoms. The van der Waals surface area contributed by atoms with Crippen molar-refractivity contribution in [3.8, 4) is 0 Å². The highest BCUT2D eigenvalue weighted by molar-refractivity contribution is 9.10. The fourth-order valence-corrected chi connectivity index (χ4v) is 8.52. The summed E-state index contributed by atoms with van der Waals surface area (Å²) in [4.78, 5) is 54.4. The van der Waals surface area contributed by atoms with Gasteiger partial charge in [0, 0.05) is 21.0 Å². The summed E-state index contributed by atoms with van der Waals surface area (Å²) in [6.07, 6.45) is -9.37. The van der Waals surface area contributed by atoms with Crippen molar-refractivity contribution in [2.24, 2.45) is 5.92 Å². The van der Waals surface area contributed by atoms with Gasteiger partial charge in [-0.05, 0) is 54.1 Å². The number of thioether (sulfide) groups is 1. The largest absolute Gasteiger partial charge is 0.416 e. The maximum absolute atomic E-state index is 13.9. The molecule has 3 aromatic carbocycles. The van der Waals surface area contributed by atoms with Crippen LogP contribution in [0.1, 0.15) is 27.5 Å². The number of amides is 3. The van der Waals surface area contributed by atoms with Crippen LogP contribution in [-0.2, 0) is 33.3 Å². The molecule has 3 atom stereocenters. The number of aromatic nitrogens is 1. The van der Waals surface area contributed by atoms with Crippen LogP contribution in [0.2, 0.25) is 0 Å². The fourth-order valence-electron chi connectivity index (χ4n) is 5.48. The predicted octanol–water partition coefficient (Wildman–Crippen LogP) is 7.14. The molecular formula is C30H18BrF6N3O4S2. The van der Waals surface area contributed by atoms with E-state index in [9.17, 15) is 45.5 Å². The van der Waals surface area contributed by atoms with E-state index in [1.54, 1.807) is 24.3 Å². The number of nitrogens with one attached hydrogen (secondary N) is 1. The number of anilines is 2. The molecular weight excluding hydrogens is 724 g/mol. The molecule has 0 unspecified atom stereocenters. The summed E-state index contributed by atoms with van der Waals surface area (Å²) in [5, 5.41) is 1.40. The second kappa shape index (κ2) is 11.7. The Hall–Kier alpha value is -3.89. The number of nitrogens with zero attached hydrogens (tertiary/aromatic N) is 2. The second-order valence-corrected chi connectivity index (χ2v) is 13.4. The van der Waals surface area contributed by atoms with Crippen molar-refractivity contribution in [2.75, 3.05) is 10.2 Å². The van der Waals surface area contributed by atoms with Gasteiger partial charge < -0.3 is 5.32 Å². The van der Waals surface area contributed by atoms with Gasteiger partial charge in [0.15, 0.2) is 0 Å². The minimum atomic E-state index is -4.72. The first-order chi connectivity index (χ1) is 21.6. The van der Waals surface area contributed by atoms with Gasteiger partial charge in [-0.3, -0.25) is 23.7 Å². The first-order valence-corrected chi connectivity index (χ1v) is 15.8. The molecule has 2 aliphatic heterocycles. The Morgan fingerprint density at radius 2 is 1.48 bits per heavy atom. The van der Waals surface area contributed by atoms with Crippen LogP contribution in [0.15, 0.2) is 87.1 Å². The van der Waals surface area contributed by atoms with Gasteiger partial charge in [0.2, 0.25) is 17.7 Å². The van der Waals surface area contributed by atoms with Crippen molar-refractivity contribution in [3.05, 3.63) is 109 Å². The van der Waals surface area contributed by atoms with Crippen LogP contribution in [0.5, 0.6) is 0 Å². The van der Waals surface area contributed by atoms with Crippen molar-refractivity contribution >= 4 is 68.1 Å². The molecule has 0 radical (unpaired) electrons. The highest BCUT2D eigenvalue weighted by Crippen LogP contribution is 2.54. The molecule has 6 rings (SSSR count). The highest BCUT2D eigenvalue weighted by atomic mass is 79.9. The van der Waals surface area contributed by atoms with E-state index in [0.29, 0.717) is 14.9 Å². The lowest BCUT2D eigenvalue weighted by molar-refractivity contribution is -0.138. The number of carbonyl (C=O) groups is 3. The Morgan fingerprint density at radius 3 is 2.13 bits per heavy atom. The Balaban J connectivity index is 1.38. The maximum atomic E-state index is 13.9. The summed E-state index contributed by atoms with van der Waals surface area (Å²) in [6.45, 7) is -0.613. The van der Waals surface area contributed by atoms with Crippen LogP contribution in [0.3, 0.4) is 0 Å². The van der Waals surface area contributed by atoms with Gasteiger partial charge in [-0.25, -0.2) is 4.90 Å². The lowest BCUT2D eigenvalue weighted by Gasteiger charge is -2.30. The zero-order chi connectivity index (χ0) is 33.1.